The zero-order valence-electron chi connectivity index (χ0n) is 17.0. The molecule has 3 rings (SSSR count). The van der Waals surface area contributed by atoms with Crippen molar-refractivity contribution in [3.63, 3.8) is 0 Å². The molecule has 1 heterocycles. The molecule has 2 aromatic rings. The Bertz CT molecular complexity index is 1070. The molecule has 1 aliphatic heterocycles. The van der Waals surface area contributed by atoms with Gasteiger partial charge in [0.05, 0.1) is 31.4 Å². The fourth-order valence-electron chi connectivity index (χ4n) is 2.77. The molecule has 0 saturated heterocycles. The highest BCUT2D eigenvalue weighted by Gasteiger charge is 2.33. The van der Waals surface area contributed by atoms with E-state index >= 15 is 0 Å². The number of halogens is 1. The predicted molar refractivity (Wildman–Crippen MR) is 122 cm³/mol. The van der Waals surface area contributed by atoms with E-state index in [1.54, 1.807) is 49.4 Å². The van der Waals surface area contributed by atoms with Gasteiger partial charge < -0.3 is 24.4 Å². The first kappa shape index (κ1) is 22.6. The molecule has 7 nitrogen and oxygen atoms in total. The van der Waals surface area contributed by atoms with E-state index in [1.807, 2.05) is 0 Å². The van der Waals surface area contributed by atoms with Crippen LogP contribution in [0.2, 0.25) is 5.02 Å². The van der Waals surface area contributed by atoms with Gasteiger partial charge in [0.1, 0.15) is 16.4 Å². The minimum atomic E-state index is -0.676. The van der Waals surface area contributed by atoms with Crippen molar-refractivity contribution < 1.29 is 29.2 Å². The Balaban J connectivity index is 2.08. The third-order valence-corrected chi connectivity index (χ3v) is 5.50. The van der Waals surface area contributed by atoms with Crippen LogP contribution in [0.5, 0.6) is 17.2 Å². The standard InChI is InChI=1S/C22H20ClNO6S/c1-4-30-22(27)18-20(26)17(31-21(18)24-14-7-5-13(23)6-8-14)11-12-9-15(28-2)19(25)16(10-12)29-3/h5-11,25-26H,4H2,1-3H3/b17-11-,24-21?. The summed E-state index contributed by atoms with van der Waals surface area (Å²) in [7, 11) is 2.84. The van der Waals surface area contributed by atoms with Crippen LogP contribution < -0.4 is 9.47 Å². The minimum Gasteiger partial charge on any atom is -0.506 e. The first-order valence-corrected chi connectivity index (χ1v) is 10.4. The van der Waals surface area contributed by atoms with Gasteiger partial charge in [-0.1, -0.05) is 23.4 Å². The van der Waals surface area contributed by atoms with Gasteiger partial charge in [-0.15, -0.1) is 0 Å². The van der Waals surface area contributed by atoms with Crippen LogP contribution in [-0.4, -0.2) is 42.1 Å². The summed E-state index contributed by atoms with van der Waals surface area (Å²) in [5, 5.41) is 21.7. The summed E-state index contributed by atoms with van der Waals surface area (Å²) in [5.74, 6) is -0.647. The lowest BCUT2D eigenvalue weighted by atomic mass is 10.1. The fourth-order valence-corrected chi connectivity index (χ4v) is 3.93. The van der Waals surface area contributed by atoms with Crippen molar-refractivity contribution >= 4 is 46.1 Å². The van der Waals surface area contributed by atoms with E-state index in [0.717, 1.165) is 11.8 Å². The summed E-state index contributed by atoms with van der Waals surface area (Å²) >= 11 is 7.04. The van der Waals surface area contributed by atoms with E-state index in [-0.39, 0.29) is 35.2 Å². The second-order valence-corrected chi connectivity index (χ2v) is 7.69. The average Bonchev–Trinajstić information content (AvgIpc) is 3.05. The van der Waals surface area contributed by atoms with Crippen LogP contribution >= 0.6 is 23.4 Å². The number of rotatable bonds is 6. The number of aliphatic hydroxyl groups excluding tert-OH is 1. The number of nitrogens with zero attached hydrogens (tertiary/aromatic N) is 1. The Morgan fingerprint density at radius 3 is 2.29 bits per heavy atom. The molecule has 0 fully saturated rings. The molecular formula is C22H20ClNO6S. The van der Waals surface area contributed by atoms with Crippen LogP contribution in [0.1, 0.15) is 12.5 Å². The molecule has 0 radical (unpaired) electrons. The number of esters is 1. The smallest absolute Gasteiger partial charge is 0.344 e. The molecule has 0 aliphatic carbocycles. The molecule has 9 heteroatoms. The molecule has 0 atom stereocenters. The number of phenols is 1. The van der Waals surface area contributed by atoms with E-state index in [0.29, 0.717) is 26.2 Å². The SMILES string of the molecule is CCOC(=O)C1=C(O)/C(=C/c2cc(OC)c(O)c(OC)c2)SC1=Nc1ccc(Cl)cc1. The number of aliphatic hydroxyl groups is 1. The molecule has 0 unspecified atom stereocenters. The molecule has 0 spiro atoms. The Hall–Kier alpha value is -3.10. The topological polar surface area (TPSA) is 97.6 Å². The summed E-state index contributed by atoms with van der Waals surface area (Å²) < 4.78 is 15.4. The van der Waals surface area contributed by atoms with Crippen LogP contribution in [0.15, 0.2) is 57.6 Å². The second-order valence-electron chi connectivity index (χ2n) is 6.22. The largest absolute Gasteiger partial charge is 0.506 e. The van der Waals surface area contributed by atoms with Gasteiger partial charge in [0.25, 0.3) is 0 Å². The van der Waals surface area contributed by atoms with Gasteiger partial charge in [-0.2, -0.15) is 0 Å². The lowest BCUT2D eigenvalue weighted by molar-refractivity contribution is -0.138. The Morgan fingerprint density at radius 1 is 1.13 bits per heavy atom. The number of phenolic OH excluding ortho intramolecular Hbond substituents is 1. The summed E-state index contributed by atoms with van der Waals surface area (Å²) in [6.07, 6.45) is 1.63. The number of methoxy groups -OCH3 is 2. The maximum atomic E-state index is 12.5. The van der Waals surface area contributed by atoms with E-state index in [1.165, 1.54) is 14.2 Å². The maximum absolute atomic E-state index is 12.5. The molecular weight excluding hydrogens is 442 g/mol. The Labute approximate surface area is 188 Å². The van der Waals surface area contributed by atoms with Crippen LogP contribution in [0.25, 0.3) is 6.08 Å². The van der Waals surface area contributed by atoms with Crippen LogP contribution in [0, 0.1) is 0 Å². The average molecular weight is 462 g/mol. The second kappa shape index (κ2) is 9.80. The zero-order chi connectivity index (χ0) is 22.5. The molecule has 0 aromatic heterocycles. The monoisotopic (exact) mass is 461 g/mol. The number of aromatic hydroxyl groups is 1. The third kappa shape index (κ3) is 4.98. The predicted octanol–water partition coefficient (Wildman–Crippen LogP) is 5.26. The minimum absolute atomic E-state index is 0.0224. The lowest BCUT2D eigenvalue weighted by Crippen LogP contribution is -2.12. The van der Waals surface area contributed by atoms with Gasteiger partial charge in [0, 0.05) is 5.02 Å². The summed E-state index contributed by atoms with van der Waals surface area (Å²) in [5.41, 5.74) is 1.12. The van der Waals surface area contributed by atoms with Crippen LogP contribution in [-0.2, 0) is 9.53 Å². The van der Waals surface area contributed by atoms with Crippen molar-refractivity contribution in [2.45, 2.75) is 6.92 Å². The molecule has 0 bridgehead atoms. The molecule has 1 aliphatic rings. The van der Waals surface area contributed by atoms with E-state index < -0.39 is 5.97 Å². The van der Waals surface area contributed by atoms with E-state index in [2.05, 4.69) is 4.99 Å². The molecule has 2 N–H and O–H groups in total. The van der Waals surface area contributed by atoms with Gasteiger partial charge in [0.15, 0.2) is 11.5 Å². The summed E-state index contributed by atoms with van der Waals surface area (Å²) in [4.78, 5) is 17.4. The summed E-state index contributed by atoms with van der Waals surface area (Å²) in [6.45, 7) is 1.83. The van der Waals surface area contributed by atoms with Crippen LogP contribution in [0.4, 0.5) is 5.69 Å². The first-order valence-electron chi connectivity index (χ1n) is 9.17. The highest BCUT2D eigenvalue weighted by atomic mass is 35.5. The number of thioether (sulfide) groups is 1. The maximum Gasteiger partial charge on any atom is 0.344 e. The fraction of sp³-hybridized carbons (Fsp3) is 0.182. The molecule has 0 amide bonds. The van der Waals surface area contributed by atoms with Crippen molar-refractivity contribution in [3.8, 4) is 17.2 Å². The first-order chi connectivity index (χ1) is 14.9. The van der Waals surface area contributed by atoms with Crippen molar-refractivity contribution in [2.75, 3.05) is 20.8 Å². The van der Waals surface area contributed by atoms with Crippen LogP contribution in [0.3, 0.4) is 0 Å². The van der Waals surface area contributed by atoms with Gasteiger partial charge in [-0.05, 0) is 55.0 Å². The van der Waals surface area contributed by atoms with E-state index in [4.69, 9.17) is 25.8 Å². The van der Waals surface area contributed by atoms with Gasteiger partial charge in [0.2, 0.25) is 5.75 Å². The number of benzene rings is 2. The number of hydrogen-bond donors (Lipinski definition) is 2. The zero-order valence-corrected chi connectivity index (χ0v) is 18.6. The molecule has 0 saturated carbocycles. The van der Waals surface area contributed by atoms with Crippen molar-refractivity contribution in [1.29, 1.82) is 0 Å². The normalized spacial score (nSPS) is 16.1. The van der Waals surface area contributed by atoms with Gasteiger partial charge in [-0.3, -0.25) is 0 Å². The molecule has 2 aromatic carbocycles. The summed E-state index contributed by atoms with van der Waals surface area (Å²) in [6, 6.07) is 9.92. The van der Waals surface area contributed by atoms with Crippen molar-refractivity contribution in [3.05, 3.63) is 63.2 Å². The van der Waals surface area contributed by atoms with E-state index in [9.17, 15) is 15.0 Å². The third-order valence-electron chi connectivity index (χ3n) is 4.23. The number of hydrogen-bond acceptors (Lipinski definition) is 8. The number of carbonyl (C=O) groups excluding carboxylic acids is 1. The van der Waals surface area contributed by atoms with Gasteiger partial charge >= 0.3 is 5.97 Å². The van der Waals surface area contributed by atoms with Crippen molar-refractivity contribution in [2.24, 2.45) is 4.99 Å². The highest BCUT2D eigenvalue weighted by Crippen LogP contribution is 2.42. The molecule has 31 heavy (non-hydrogen) atoms. The highest BCUT2D eigenvalue weighted by molar-refractivity contribution is 8.18. The molecule has 162 valence electrons. The number of aliphatic imine (C=N–C) groups is 1. The van der Waals surface area contributed by atoms with Crippen molar-refractivity contribution in [1.82, 2.24) is 0 Å². The lowest BCUT2D eigenvalue weighted by Gasteiger charge is -2.10. The van der Waals surface area contributed by atoms with Gasteiger partial charge in [-0.25, -0.2) is 9.79 Å². The number of ether oxygens (including phenoxy) is 3. The number of carbonyl (C=O) groups is 1. The Morgan fingerprint density at radius 2 is 1.74 bits per heavy atom. The quantitative estimate of drug-likeness (QED) is 0.566. The Kier molecular flexibility index (Phi) is 7.14.